The maximum absolute atomic E-state index is 15.0. The monoisotopic (exact) mass is 518 g/mol. The van der Waals surface area contributed by atoms with Crippen LogP contribution in [0.4, 0.5) is 16.0 Å². The second-order valence-corrected chi connectivity index (χ2v) is 9.84. The first kappa shape index (κ1) is 25.7. The third kappa shape index (κ3) is 5.63. The summed E-state index contributed by atoms with van der Waals surface area (Å²) in [4.78, 5) is 32.9. The summed E-state index contributed by atoms with van der Waals surface area (Å²) in [6.45, 7) is 9.75. The van der Waals surface area contributed by atoms with Crippen LogP contribution < -0.4 is 5.32 Å². The highest BCUT2D eigenvalue weighted by Crippen LogP contribution is 2.30. The average Bonchev–Trinajstić information content (AvgIpc) is 3.23. The fourth-order valence-electron chi connectivity index (χ4n) is 4.92. The van der Waals surface area contributed by atoms with Gasteiger partial charge in [-0.2, -0.15) is 0 Å². The molecule has 3 aromatic heterocycles. The third-order valence-electron chi connectivity index (χ3n) is 6.71. The van der Waals surface area contributed by atoms with Gasteiger partial charge in [0.05, 0.1) is 30.1 Å². The zero-order valence-electron chi connectivity index (χ0n) is 21.7. The predicted octanol–water partition coefficient (Wildman–Crippen LogP) is 3.86. The number of hydrogen-bond acceptors (Lipinski definition) is 8. The minimum Gasteiger partial charge on any atom is -0.480 e. The highest BCUT2D eigenvalue weighted by Gasteiger charge is 2.19. The van der Waals surface area contributed by atoms with Gasteiger partial charge in [0.15, 0.2) is 5.82 Å². The molecule has 0 bridgehead atoms. The largest absolute Gasteiger partial charge is 0.480 e. The van der Waals surface area contributed by atoms with E-state index in [1.54, 1.807) is 18.6 Å². The van der Waals surface area contributed by atoms with Crippen LogP contribution in [0.25, 0.3) is 22.2 Å². The lowest BCUT2D eigenvalue weighted by atomic mass is 10.1. The van der Waals surface area contributed by atoms with Crippen molar-refractivity contribution in [3.63, 3.8) is 0 Å². The molecule has 11 heteroatoms. The van der Waals surface area contributed by atoms with Crippen LogP contribution in [0.5, 0.6) is 0 Å². The Kier molecular flexibility index (Phi) is 7.30. The summed E-state index contributed by atoms with van der Waals surface area (Å²) in [5.41, 5.74) is 3.55. The minimum atomic E-state index is -0.797. The van der Waals surface area contributed by atoms with E-state index in [1.807, 2.05) is 34.6 Å². The molecule has 0 radical (unpaired) electrons. The average molecular weight is 519 g/mol. The smallest absolute Gasteiger partial charge is 0.317 e. The Balaban J connectivity index is 1.27. The van der Waals surface area contributed by atoms with E-state index >= 15 is 0 Å². The molecule has 0 unspecified atom stereocenters. The van der Waals surface area contributed by atoms with Crippen molar-refractivity contribution in [2.24, 2.45) is 0 Å². The number of fused-ring (bicyclic) bond motifs is 1. The number of pyridine rings is 1. The molecule has 38 heavy (non-hydrogen) atoms. The van der Waals surface area contributed by atoms with Crippen molar-refractivity contribution >= 4 is 28.6 Å². The minimum absolute atomic E-state index is 0.0785. The normalized spacial score (nSPS) is 14.9. The molecule has 0 saturated carbocycles. The van der Waals surface area contributed by atoms with Gasteiger partial charge in [0, 0.05) is 45.0 Å². The quantitative estimate of drug-likeness (QED) is 0.359. The molecule has 10 nitrogen and oxygen atoms in total. The Hall–Kier alpha value is -3.96. The molecule has 5 rings (SSSR count). The number of aryl methyl sites for hydroxylation is 1. The lowest BCUT2D eigenvalue weighted by Crippen LogP contribution is -2.47. The molecule has 0 spiro atoms. The Morgan fingerprint density at radius 1 is 1.03 bits per heavy atom. The predicted molar refractivity (Wildman–Crippen MR) is 143 cm³/mol. The molecule has 2 N–H and O–H groups in total. The van der Waals surface area contributed by atoms with Crippen molar-refractivity contribution in [1.29, 1.82) is 0 Å². The molecular weight excluding hydrogens is 487 g/mol. The fourth-order valence-corrected chi connectivity index (χ4v) is 4.92. The number of anilines is 2. The molecule has 0 amide bonds. The highest BCUT2D eigenvalue weighted by molar-refractivity contribution is 5.84. The van der Waals surface area contributed by atoms with Gasteiger partial charge >= 0.3 is 5.97 Å². The van der Waals surface area contributed by atoms with Crippen LogP contribution in [-0.2, 0) is 11.3 Å². The number of carbonyl (C=O) groups is 1. The van der Waals surface area contributed by atoms with Crippen LogP contribution in [0, 0.1) is 12.7 Å². The standard InChI is InChI=1S/C27H31FN8O2/c1-17(2)36-18(3)32-27-22(28)10-20(11-23(27)36)19-4-5-29-24(12-19)33-25-14-30-21(13-31-25)15-34-6-8-35(9-7-34)16-26(37)38/h4-5,10-14,17H,6-9,15-16H2,1-3H3,(H,37,38)(H,29,31,33). The van der Waals surface area contributed by atoms with Crippen molar-refractivity contribution < 1.29 is 14.3 Å². The topological polar surface area (TPSA) is 112 Å². The maximum atomic E-state index is 15.0. The first-order valence-corrected chi connectivity index (χ1v) is 12.7. The molecule has 4 heterocycles. The SMILES string of the molecule is Cc1nc2c(F)cc(-c3ccnc(Nc4cnc(CN5CCN(CC(=O)O)CC5)cn4)c3)cc2n1C(C)C. The lowest BCUT2D eigenvalue weighted by molar-refractivity contribution is -0.138. The molecule has 198 valence electrons. The van der Waals surface area contributed by atoms with Crippen LogP contribution in [-0.4, -0.2) is 78.1 Å². The highest BCUT2D eigenvalue weighted by atomic mass is 19.1. The van der Waals surface area contributed by atoms with Crippen molar-refractivity contribution in [1.82, 2.24) is 34.3 Å². The molecule has 1 saturated heterocycles. The molecular formula is C27H31FN8O2. The molecule has 1 aliphatic rings. The van der Waals surface area contributed by atoms with E-state index < -0.39 is 5.97 Å². The van der Waals surface area contributed by atoms with E-state index in [0.29, 0.717) is 23.7 Å². The van der Waals surface area contributed by atoms with Gasteiger partial charge in [-0.15, -0.1) is 0 Å². The molecule has 1 fully saturated rings. The van der Waals surface area contributed by atoms with Gasteiger partial charge in [0.25, 0.3) is 0 Å². The first-order valence-electron chi connectivity index (χ1n) is 12.7. The summed E-state index contributed by atoms with van der Waals surface area (Å²) in [7, 11) is 0. The van der Waals surface area contributed by atoms with E-state index in [2.05, 4.69) is 44.0 Å². The van der Waals surface area contributed by atoms with Gasteiger partial charge in [0.2, 0.25) is 0 Å². The number of aromatic nitrogens is 5. The fraction of sp³-hybridized carbons (Fsp3) is 0.370. The Labute approximate surface area is 220 Å². The number of nitrogens with one attached hydrogen (secondary N) is 1. The third-order valence-corrected chi connectivity index (χ3v) is 6.71. The van der Waals surface area contributed by atoms with E-state index in [-0.39, 0.29) is 18.4 Å². The second kappa shape index (κ2) is 10.8. The number of hydrogen-bond donors (Lipinski definition) is 2. The van der Waals surface area contributed by atoms with Gasteiger partial charge in [-0.25, -0.2) is 19.3 Å². The van der Waals surface area contributed by atoms with E-state index in [4.69, 9.17) is 5.11 Å². The Morgan fingerprint density at radius 3 is 2.47 bits per heavy atom. The molecule has 0 atom stereocenters. The maximum Gasteiger partial charge on any atom is 0.317 e. The van der Waals surface area contributed by atoms with Gasteiger partial charge < -0.3 is 15.0 Å². The van der Waals surface area contributed by atoms with Crippen molar-refractivity contribution in [2.75, 3.05) is 38.0 Å². The van der Waals surface area contributed by atoms with Crippen LogP contribution in [0.1, 0.15) is 31.4 Å². The summed E-state index contributed by atoms with van der Waals surface area (Å²) in [6.07, 6.45) is 5.07. The first-order chi connectivity index (χ1) is 18.3. The number of aliphatic carboxylic acids is 1. The molecule has 1 aromatic carbocycles. The number of carboxylic acids is 1. The second-order valence-electron chi connectivity index (χ2n) is 9.84. The van der Waals surface area contributed by atoms with Crippen LogP contribution in [0.2, 0.25) is 0 Å². The van der Waals surface area contributed by atoms with Gasteiger partial charge in [-0.05, 0) is 56.2 Å². The molecule has 0 aliphatic carbocycles. The number of nitrogens with zero attached hydrogens (tertiary/aromatic N) is 7. The summed E-state index contributed by atoms with van der Waals surface area (Å²) >= 11 is 0. The van der Waals surface area contributed by atoms with Crippen LogP contribution in [0.3, 0.4) is 0 Å². The van der Waals surface area contributed by atoms with Crippen molar-refractivity contribution in [3.05, 3.63) is 60.2 Å². The van der Waals surface area contributed by atoms with Crippen molar-refractivity contribution in [3.8, 4) is 11.1 Å². The Bertz CT molecular complexity index is 1450. The molecule has 4 aromatic rings. The van der Waals surface area contributed by atoms with Gasteiger partial charge in [0.1, 0.15) is 23.0 Å². The summed E-state index contributed by atoms with van der Waals surface area (Å²) in [6, 6.07) is 7.34. The van der Waals surface area contributed by atoms with Gasteiger partial charge in [-0.1, -0.05) is 0 Å². The van der Waals surface area contributed by atoms with Gasteiger partial charge in [-0.3, -0.25) is 19.6 Å². The zero-order valence-corrected chi connectivity index (χ0v) is 21.7. The molecule has 1 aliphatic heterocycles. The summed E-state index contributed by atoms with van der Waals surface area (Å²) < 4.78 is 17.0. The van der Waals surface area contributed by atoms with E-state index in [0.717, 1.165) is 54.3 Å². The van der Waals surface area contributed by atoms with Crippen molar-refractivity contribution in [2.45, 2.75) is 33.4 Å². The number of carboxylic acid groups (broad SMARTS) is 1. The lowest BCUT2D eigenvalue weighted by Gasteiger charge is -2.33. The van der Waals surface area contributed by atoms with Crippen LogP contribution in [0.15, 0.2) is 42.9 Å². The van der Waals surface area contributed by atoms with Crippen LogP contribution >= 0.6 is 0 Å². The summed E-state index contributed by atoms with van der Waals surface area (Å²) in [5.74, 6) is 0.768. The Morgan fingerprint density at radius 2 is 1.79 bits per heavy atom. The van der Waals surface area contributed by atoms with E-state index in [9.17, 15) is 9.18 Å². The number of imidazole rings is 1. The number of rotatable bonds is 8. The number of piperazine rings is 1. The number of halogens is 1. The van der Waals surface area contributed by atoms with E-state index in [1.165, 1.54) is 6.07 Å². The number of benzene rings is 1. The zero-order chi connectivity index (χ0) is 26.8. The summed E-state index contributed by atoms with van der Waals surface area (Å²) in [5, 5.41) is 12.1.